The Balaban J connectivity index is 0.00000683. The summed E-state index contributed by atoms with van der Waals surface area (Å²) in [5.74, 6) is 0.283. The SMILES string of the molecule is CCN(CC)c1ccc2c(-c3ccccc3C(=O)OCCOCCOCCn3cc(CO[C@H]4O[C@H](CO)[C@@H](O)[C@H](O)[C@H]4O)nn3)c3ccc(=[N+](CC)CC)cc-3oc2c1.[Cl-]. The molecule has 2 aromatic carbocycles. The Kier molecular flexibility index (Phi) is 17.4. The fraction of sp³-hybridized carbons (Fsp3) is 0.488. The zero-order valence-electron chi connectivity index (χ0n) is 34.5. The van der Waals surface area contributed by atoms with Crippen LogP contribution in [0.1, 0.15) is 43.7 Å². The van der Waals surface area contributed by atoms with Crippen LogP contribution in [0.25, 0.3) is 33.4 Å². The molecule has 0 bridgehead atoms. The molecule has 2 aliphatic heterocycles. The minimum atomic E-state index is -1.53. The van der Waals surface area contributed by atoms with E-state index < -0.39 is 43.3 Å². The van der Waals surface area contributed by atoms with Crippen LogP contribution in [0, 0.1) is 0 Å². The lowest BCUT2D eigenvalue weighted by Gasteiger charge is -2.39. The third kappa shape index (κ3) is 10.9. The molecule has 1 saturated heterocycles. The minimum Gasteiger partial charge on any atom is -1.00 e. The number of ether oxygens (including phenoxy) is 5. The van der Waals surface area contributed by atoms with Crippen molar-refractivity contribution in [2.45, 2.75) is 71.6 Å². The van der Waals surface area contributed by atoms with Crippen LogP contribution >= 0.6 is 0 Å². The molecular weight excluding hydrogens is 798 g/mol. The summed E-state index contributed by atoms with van der Waals surface area (Å²) >= 11 is 0. The number of hydrogen-bond acceptors (Lipinski definition) is 14. The lowest BCUT2D eigenvalue weighted by molar-refractivity contribution is -0.304. The van der Waals surface area contributed by atoms with Crippen LogP contribution in [0.3, 0.4) is 0 Å². The highest BCUT2D eigenvalue weighted by molar-refractivity contribution is 6.08. The maximum absolute atomic E-state index is 13.6. The van der Waals surface area contributed by atoms with E-state index in [9.17, 15) is 25.2 Å². The highest BCUT2D eigenvalue weighted by Crippen LogP contribution is 2.42. The predicted molar refractivity (Wildman–Crippen MR) is 219 cm³/mol. The van der Waals surface area contributed by atoms with E-state index in [0.29, 0.717) is 37.6 Å². The normalized spacial score (nSPS) is 19.0. The molecule has 326 valence electrons. The summed E-state index contributed by atoms with van der Waals surface area (Å²) in [7, 11) is 0. The van der Waals surface area contributed by atoms with E-state index in [1.807, 2.05) is 18.2 Å². The van der Waals surface area contributed by atoms with Gasteiger partial charge in [0.1, 0.15) is 61.1 Å². The van der Waals surface area contributed by atoms with Crippen molar-refractivity contribution < 1.29 is 65.7 Å². The van der Waals surface area contributed by atoms with Gasteiger partial charge in [0, 0.05) is 47.4 Å². The van der Waals surface area contributed by atoms with Gasteiger partial charge in [-0.1, -0.05) is 23.4 Å². The number of nitrogens with zero attached hydrogens (tertiary/aromatic N) is 5. The number of hydrogen-bond donors (Lipinski definition) is 4. The van der Waals surface area contributed by atoms with Crippen molar-refractivity contribution in [1.29, 1.82) is 0 Å². The van der Waals surface area contributed by atoms with Crippen molar-refractivity contribution in [2.75, 3.05) is 70.7 Å². The van der Waals surface area contributed by atoms with E-state index in [1.54, 1.807) is 16.9 Å². The molecule has 3 heterocycles. The van der Waals surface area contributed by atoms with Crippen molar-refractivity contribution in [3.63, 3.8) is 0 Å². The average Bonchev–Trinajstić information content (AvgIpc) is 3.72. The molecule has 4 N–H and O–H groups in total. The number of carbonyl (C=O) groups is 1. The van der Waals surface area contributed by atoms with Crippen LogP contribution in [0.5, 0.6) is 0 Å². The Hall–Kier alpha value is -4.49. The Morgan fingerprint density at radius 3 is 2.33 bits per heavy atom. The topological polar surface area (TPSA) is 194 Å². The second kappa shape index (κ2) is 22.4. The van der Waals surface area contributed by atoms with E-state index in [-0.39, 0.29) is 32.2 Å². The fourth-order valence-corrected chi connectivity index (χ4v) is 7.25. The molecule has 3 aromatic rings. The predicted octanol–water partition coefficient (Wildman–Crippen LogP) is -0.335. The minimum absolute atomic E-state index is 0. The van der Waals surface area contributed by atoms with Crippen molar-refractivity contribution in [1.82, 2.24) is 19.6 Å². The third-order valence-electron chi connectivity index (χ3n) is 10.5. The van der Waals surface area contributed by atoms with Crippen molar-refractivity contribution in [3.8, 4) is 22.5 Å². The average molecular weight is 854 g/mol. The van der Waals surface area contributed by atoms with Gasteiger partial charge in [-0.2, -0.15) is 0 Å². The van der Waals surface area contributed by atoms with E-state index >= 15 is 0 Å². The van der Waals surface area contributed by atoms with Crippen LogP contribution in [0.2, 0.25) is 0 Å². The summed E-state index contributed by atoms with van der Waals surface area (Å²) in [4.78, 5) is 15.9. The Morgan fingerprint density at radius 2 is 1.60 bits per heavy atom. The second-order valence-electron chi connectivity index (χ2n) is 14.1. The summed E-state index contributed by atoms with van der Waals surface area (Å²) in [6.45, 7) is 12.9. The summed E-state index contributed by atoms with van der Waals surface area (Å²) in [5.41, 5.74) is 5.25. The van der Waals surface area contributed by atoms with Gasteiger partial charge in [0.2, 0.25) is 5.36 Å². The van der Waals surface area contributed by atoms with Gasteiger partial charge in [-0.15, -0.1) is 5.10 Å². The molecule has 0 amide bonds. The molecule has 3 aliphatic rings. The number of aromatic nitrogens is 3. The molecule has 16 nitrogen and oxygen atoms in total. The largest absolute Gasteiger partial charge is 1.00 e. The highest BCUT2D eigenvalue weighted by atomic mass is 35.5. The summed E-state index contributed by atoms with van der Waals surface area (Å²) < 4.78 is 38.4. The first kappa shape index (κ1) is 46.6. The first-order valence-corrected chi connectivity index (χ1v) is 20.3. The number of carbonyl (C=O) groups excluding carboxylic acids is 1. The molecule has 6 rings (SSSR count). The molecular formula is C43H56ClN5O11. The van der Waals surface area contributed by atoms with Crippen molar-refractivity contribution in [3.05, 3.63) is 83.5 Å². The first-order chi connectivity index (χ1) is 28.7. The van der Waals surface area contributed by atoms with Crippen LogP contribution in [0.15, 0.2) is 71.3 Å². The molecule has 1 aromatic heterocycles. The number of aliphatic hydroxyl groups is 4. The third-order valence-corrected chi connectivity index (χ3v) is 10.5. The number of anilines is 1. The van der Waals surface area contributed by atoms with Gasteiger partial charge >= 0.3 is 5.97 Å². The molecule has 60 heavy (non-hydrogen) atoms. The molecule has 0 saturated carbocycles. The standard InChI is InChI=1S/C43H56N5O11.ClH/c1-5-46(6-2)29-13-15-33-35(23-29)58-36-24-30(47(7-3)8-4)14-16-34(36)38(33)31-11-9-10-12-32(31)42(53)56-22-21-55-20-19-54-18-17-48-25-28(44-45-48)27-57-43-41(52)40(51)39(50)37(26-49)59-43;/h9-16,23-25,37,39-41,43,49-52H,5-8,17-22,26-27H2,1-4H3;1H/q+1;/p-1/t37-,39-,40+,41-,43+;/m1./s1. The highest BCUT2D eigenvalue weighted by Gasteiger charge is 2.44. The van der Waals surface area contributed by atoms with E-state index in [1.165, 1.54) is 0 Å². The fourth-order valence-electron chi connectivity index (χ4n) is 7.25. The van der Waals surface area contributed by atoms with Gasteiger partial charge in [-0.25, -0.2) is 14.1 Å². The summed E-state index contributed by atoms with van der Waals surface area (Å²) in [6.07, 6.45) is -5.18. The van der Waals surface area contributed by atoms with Gasteiger partial charge in [0.05, 0.1) is 64.0 Å². The zero-order chi connectivity index (χ0) is 41.9. The molecule has 17 heteroatoms. The van der Waals surface area contributed by atoms with Gasteiger partial charge in [0.25, 0.3) is 0 Å². The lowest BCUT2D eigenvalue weighted by Crippen LogP contribution is -3.00. The van der Waals surface area contributed by atoms with E-state index in [0.717, 1.165) is 70.6 Å². The molecule has 0 radical (unpaired) electrons. The maximum atomic E-state index is 13.6. The molecule has 1 fully saturated rings. The van der Waals surface area contributed by atoms with Crippen molar-refractivity contribution >= 4 is 22.6 Å². The Labute approximate surface area is 355 Å². The number of esters is 1. The van der Waals surface area contributed by atoms with Gasteiger partial charge < -0.3 is 65.8 Å². The number of fused-ring (bicyclic) bond motifs is 2. The molecule has 1 aliphatic carbocycles. The van der Waals surface area contributed by atoms with Gasteiger partial charge in [-0.05, 0) is 57.5 Å². The van der Waals surface area contributed by atoms with Crippen LogP contribution < -0.4 is 27.2 Å². The number of halogens is 1. The number of aliphatic hydroxyl groups excluding tert-OH is 4. The summed E-state index contributed by atoms with van der Waals surface area (Å²) in [6, 6.07) is 20.0. The van der Waals surface area contributed by atoms with Crippen LogP contribution in [-0.2, 0) is 36.8 Å². The molecule has 5 atom stereocenters. The first-order valence-electron chi connectivity index (χ1n) is 20.3. The summed E-state index contributed by atoms with van der Waals surface area (Å²) in [5, 5.41) is 49.4. The molecule has 0 spiro atoms. The quantitative estimate of drug-likeness (QED) is 0.0344. The maximum Gasteiger partial charge on any atom is 0.338 e. The monoisotopic (exact) mass is 853 g/mol. The Bertz CT molecular complexity index is 2170. The van der Waals surface area contributed by atoms with Crippen molar-refractivity contribution in [2.24, 2.45) is 0 Å². The Morgan fingerprint density at radius 1 is 0.867 bits per heavy atom. The second-order valence-corrected chi connectivity index (χ2v) is 14.1. The molecule has 0 unspecified atom stereocenters. The van der Waals surface area contributed by atoms with Crippen LogP contribution in [-0.4, -0.2) is 138 Å². The van der Waals surface area contributed by atoms with E-state index in [2.05, 4.69) is 83.9 Å². The lowest BCUT2D eigenvalue weighted by atomic mass is 9.90. The van der Waals surface area contributed by atoms with Gasteiger partial charge in [0.15, 0.2) is 6.29 Å². The number of rotatable bonds is 20. The van der Waals surface area contributed by atoms with E-state index in [4.69, 9.17) is 28.1 Å². The van der Waals surface area contributed by atoms with Gasteiger partial charge in [-0.3, -0.25) is 0 Å². The smallest absolute Gasteiger partial charge is 0.338 e. The van der Waals surface area contributed by atoms with Crippen LogP contribution in [0.4, 0.5) is 5.69 Å². The zero-order valence-corrected chi connectivity index (χ0v) is 35.2. The number of benzene rings is 3.